The number of hydrogen-bond acceptors (Lipinski definition) is 2. The molecule has 0 amide bonds. The molecule has 0 spiro atoms. The van der Waals surface area contributed by atoms with Crippen LogP contribution in [0.25, 0.3) is 0 Å². The SMILES string of the molecule is N[C@H](CCN1CCCC1)c1ccccc1. The minimum atomic E-state index is 0.201. The van der Waals surface area contributed by atoms with Gasteiger partial charge < -0.3 is 10.6 Å². The number of rotatable bonds is 4. The van der Waals surface area contributed by atoms with Gasteiger partial charge in [-0.15, -0.1) is 0 Å². The summed E-state index contributed by atoms with van der Waals surface area (Å²) in [5.74, 6) is 0. The average molecular weight is 204 g/mol. The highest BCUT2D eigenvalue weighted by Gasteiger charge is 2.13. The smallest absolute Gasteiger partial charge is 0.0307 e. The third kappa shape index (κ3) is 3.05. The van der Waals surface area contributed by atoms with E-state index in [1.165, 1.54) is 31.5 Å². The maximum Gasteiger partial charge on any atom is 0.0307 e. The molecule has 1 saturated heterocycles. The Bertz CT molecular complexity index is 278. The summed E-state index contributed by atoms with van der Waals surface area (Å²) in [6.07, 6.45) is 3.80. The van der Waals surface area contributed by atoms with Crippen LogP contribution in [-0.2, 0) is 0 Å². The second-order valence-electron chi connectivity index (χ2n) is 4.35. The van der Waals surface area contributed by atoms with Crippen molar-refractivity contribution in [1.82, 2.24) is 4.90 Å². The standard InChI is InChI=1S/C13H20N2/c14-13(12-6-2-1-3-7-12)8-11-15-9-4-5-10-15/h1-3,6-7,13H,4-5,8-11,14H2/t13-/m1/s1. The van der Waals surface area contributed by atoms with Crippen molar-refractivity contribution in [2.45, 2.75) is 25.3 Å². The number of nitrogens with zero attached hydrogens (tertiary/aromatic N) is 1. The van der Waals surface area contributed by atoms with E-state index in [0.717, 1.165) is 13.0 Å². The van der Waals surface area contributed by atoms with Crippen LogP contribution < -0.4 is 5.73 Å². The fraction of sp³-hybridized carbons (Fsp3) is 0.538. The molecule has 1 aliphatic rings. The molecule has 0 unspecified atom stereocenters. The van der Waals surface area contributed by atoms with Crippen molar-refractivity contribution >= 4 is 0 Å². The first-order valence-corrected chi connectivity index (χ1v) is 5.89. The largest absolute Gasteiger partial charge is 0.324 e. The van der Waals surface area contributed by atoms with E-state index in [2.05, 4.69) is 29.2 Å². The van der Waals surface area contributed by atoms with Crippen molar-refractivity contribution in [3.8, 4) is 0 Å². The summed E-state index contributed by atoms with van der Waals surface area (Å²) in [5.41, 5.74) is 7.41. The highest BCUT2D eigenvalue weighted by atomic mass is 15.1. The molecule has 2 nitrogen and oxygen atoms in total. The van der Waals surface area contributed by atoms with E-state index in [-0.39, 0.29) is 6.04 Å². The topological polar surface area (TPSA) is 29.3 Å². The van der Waals surface area contributed by atoms with Crippen LogP contribution in [0.1, 0.15) is 30.9 Å². The van der Waals surface area contributed by atoms with E-state index >= 15 is 0 Å². The molecule has 1 atom stereocenters. The minimum absolute atomic E-state index is 0.201. The van der Waals surface area contributed by atoms with Crippen LogP contribution >= 0.6 is 0 Å². The van der Waals surface area contributed by atoms with Gasteiger partial charge in [0.1, 0.15) is 0 Å². The van der Waals surface area contributed by atoms with Gasteiger partial charge in [-0.05, 0) is 44.5 Å². The van der Waals surface area contributed by atoms with Crippen LogP contribution in [0.2, 0.25) is 0 Å². The van der Waals surface area contributed by atoms with Gasteiger partial charge in [-0.3, -0.25) is 0 Å². The zero-order valence-corrected chi connectivity index (χ0v) is 9.23. The van der Waals surface area contributed by atoms with E-state index in [0.29, 0.717) is 0 Å². The van der Waals surface area contributed by atoms with E-state index in [9.17, 15) is 0 Å². The third-order valence-corrected chi connectivity index (χ3v) is 3.18. The Morgan fingerprint density at radius 3 is 2.47 bits per heavy atom. The molecule has 0 radical (unpaired) electrons. The maximum absolute atomic E-state index is 6.15. The molecule has 2 N–H and O–H groups in total. The predicted octanol–water partition coefficient (Wildman–Crippen LogP) is 2.17. The van der Waals surface area contributed by atoms with Gasteiger partial charge >= 0.3 is 0 Å². The Hall–Kier alpha value is -0.860. The fourth-order valence-electron chi connectivity index (χ4n) is 2.19. The molecule has 1 aromatic rings. The highest BCUT2D eigenvalue weighted by molar-refractivity contribution is 5.18. The van der Waals surface area contributed by atoms with Gasteiger partial charge in [0.25, 0.3) is 0 Å². The van der Waals surface area contributed by atoms with Crippen LogP contribution in [0.3, 0.4) is 0 Å². The van der Waals surface area contributed by atoms with Crippen molar-refractivity contribution in [2.75, 3.05) is 19.6 Å². The van der Waals surface area contributed by atoms with Crippen LogP contribution in [0, 0.1) is 0 Å². The molecular weight excluding hydrogens is 184 g/mol. The van der Waals surface area contributed by atoms with Crippen LogP contribution in [0.5, 0.6) is 0 Å². The highest BCUT2D eigenvalue weighted by Crippen LogP contribution is 2.15. The van der Waals surface area contributed by atoms with Crippen molar-refractivity contribution < 1.29 is 0 Å². The molecule has 2 heteroatoms. The Balaban J connectivity index is 1.79. The van der Waals surface area contributed by atoms with Gasteiger partial charge in [-0.1, -0.05) is 30.3 Å². The van der Waals surface area contributed by atoms with Gasteiger partial charge in [-0.25, -0.2) is 0 Å². The lowest BCUT2D eigenvalue weighted by Gasteiger charge is -2.18. The number of nitrogens with two attached hydrogens (primary N) is 1. The molecular formula is C13H20N2. The quantitative estimate of drug-likeness (QED) is 0.814. The molecule has 1 aromatic carbocycles. The summed E-state index contributed by atoms with van der Waals surface area (Å²) in [7, 11) is 0. The van der Waals surface area contributed by atoms with E-state index < -0.39 is 0 Å². The van der Waals surface area contributed by atoms with Crippen LogP contribution in [-0.4, -0.2) is 24.5 Å². The first-order chi connectivity index (χ1) is 7.36. The van der Waals surface area contributed by atoms with Gasteiger partial charge in [0.15, 0.2) is 0 Å². The van der Waals surface area contributed by atoms with Crippen LogP contribution in [0.4, 0.5) is 0 Å². The van der Waals surface area contributed by atoms with Crippen molar-refractivity contribution in [1.29, 1.82) is 0 Å². The van der Waals surface area contributed by atoms with Crippen LogP contribution in [0.15, 0.2) is 30.3 Å². The average Bonchev–Trinajstić information content (AvgIpc) is 2.80. The second kappa shape index (κ2) is 5.29. The van der Waals surface area contributed by atoms with Crippen molar-refractivity contribution in [3.05, 3.63) is 35.9 Å². The summed E-state index contributed by atoms with van der Waals surface area (Å²) in [5, 5.41) is 0. The Kier molecular flexibility index (Phi) is 3.75. The molecule has 82 valence electrons. The molecule has 2 rings (SSSR count). The van der Waals surface area contributed by atoms with Gasteiger partial charge in [0, 0.05) is 6.04 Å². The molecule has 0 aliphatic carbocycles. The number of likely N-dealkylation sites (tertiary alicyclic amines) is 1. The summed E-state index contributed by atoms with van der Waals surface area (Å²) < 4.78 is 0. The lowest BCUT2D eigenvalue weighted by atomic mass is 10.0. The second-order valence-corrected chi connectivity index (χ2v) is 4.35. The lowest BCUT2D eigenvalue weighted by Crippen LogP contribution is -2.24. The monoisotopic (exact) mass is 204 g/mol. The van der Waals surface area contributed by atoms with Crippen molar-refractivity contribution in [2.24, 2.45) is 5.73 Å². The van der Waals surface area contributed by atoms with E-state index in [4.69, 9.17) is 5.73 Å². The molecule has 1 aliphatic heterocycles. The summed E-state index contributed by atoms with van der Waals surface area (Å²) >= 11 is 0. The number of hydrogen-bond donors (Lipinski definition) is 1. The third-order valence-electron chi connectivity index (χ3n) is 3.18. The van der Waals surface area contributed by atoms with Gasteiger partial charge in [0.2, 0.25) is 0 Å². The molecule has 0 aromatic heterocycles. The number of benzene rings is 1. The zero-order valence-electron chi connectivity index (χ0n) is 9.23. The Morgan fingerprint density at radius 1 is 1.13 bits per heavy atom. The zero-order chi connectivity index (χ0) is 10.5. The summed E-state index contributed by atoms with van der Waals surface area (Å²) in [6, 6.07) is 10.6. The molecule has 0 saturated carbocycles. The molecule has 15 heavy (non-hydrogen) atoms. The van der Waals surface area contributed by atoms with E-state index in [1.807, 2.05) is 6.07 Å². The Morgan fingerprint density at radius 2 is 1.80 bits per heavy atom. The first-order valence-electron chi connectivity index (χ1n) is 5.89. The summed E-state index contributed by atoms with van der Waals surface area (Å²) in [4.78, 5) is 2.52. The molecule has 1 fully saturated rings. The normalized spacial score (nSPS) is 19.3. The van der Waals surface area contributed by atoms with Gasteiger partial charge in [-0.2, -0.15) is 0 Å². The Labute approximate surface area is 92.1 Å². The summed E-state index contributed by atoms with van der Waals surface area (Å²) in [6.45, 7) is 3.68. The van der Waals surface area contributed by atoms with Gasteiger partial charge in [0.05, 0.1) is 0 Å². The fourth-order valence-corrected chi connectivity index (χ4v) is 2.19. The van der Waals surface area contributed by atoms with Crippen molar-refractivity contribution in [3.63, 3.8) is 0 Å². The molecule has 0 bridgehead atoms. The van der Waals surface area contributed by atoms with E-state index in [1.54, 1.807) is 0 Å². The first kappa shape index (κ1) is 10.7. The minimum Gasteiger partial charge on any atom is -0.324 e. The molecule has 1 heterocycles. The predicted molar refractivity (Wildman–Crippen MR) is 63.7 cm³/mol. The maximum atomic E-state index is 6.15. The lowest BCUT2D eigenvalue weighted by molar-refractivity contribution is 0.322.